The van der Waals surface area contributed by atoms with Crippen LogP contribution in [0.15, 0.2) is 71.2 Å². The normalized spacial score (nSPS) is 26.0. The van der Waals surface area contributed by atoms with Crippen LogP contribution < -0.4 is 10.1 Å². The SMILES string of the molecule is O=C(CC12CC3CC(C1)CC(c1ccc(O)c([N+](=O)[O-])c1)(C3)C2)NCC(=O)N1CCN(Cc2ccccc2OCc2ccc(Br)cc2)CC1. The molecule has 4 saturated carbocycles. The van der Waals surface area contributed by atoms with Gasteiger partial charge in [0.25, 0.3) is 0 Å². The number of nitro benzene ring substituents is 1. The molecule has 1 saturated heterocycles. The van der Waals surface area contributed by atoms with Crippen LogP contribution in [0.2, 0.25) is 0 Å². The molecule has 3 aromatic carbocycles. The van der Waals surface area contributed by atoms with Gasteiger partial charge >= 0.3 is 5.69 Å². The number of amides is 2. The summed E-state index contributed by atoms with van der Waals surface area (Å²) in [6.45, 7) is 3.90. The Balaban J connectivity index is 0.900. The van der Waals surface area contributed by atoms with E-state index in [9.17, 15) is 24.8 Å². The van der Waals surface area contributed by atoms with E-state index >= 15 is 0 Å². The number of carbonyl (C=O) groups is 2. The summed E-state index contributed by atoms with van der Waals surface area (Å²) in [7, 11) is 0. The van der Waals surface area contributed by atoms with Crippen molar-refractivity contribution in [3.63, 3.8) is 0 Å². The summed E-state index contributed by atoms with van der Waals surface area (Å²) in [6, 6.07) is 21.0. The van der Waals surface area contributed by atoms with E-state index in [1.807, 2.05) is 53.4 Å². The molecule has 3 aromatic rings. The lowest BCUT2D eigenvalue weighted by molar-refractivity contribution is -0.386. The van der Waals surface area contributed by atoms with Crippen LogP contribution in [0.1, 0.15) is 61.6 Å². The van der Waals surface area contributed by atoms with Crippen LogP contribution in [-0.2, 0) is 28.2 Å². The summed E-state index contributed by atoms with van der Waals surface area (Å²) in [5, 5.41) is 24.6. The Kier molecular flexibility index (Phi) is 9.41. The zero-order valence-electron chi connectivity index (χ0n) is 27.6. The summed E-state index contributed by atoms with van der Waals surface area (Å²) < 4.78 is 7.21. The number of para-hydroxylation sites is 1. The van der Waals surface area contributed by atoms with E-state index in [0.29, 0.717) is 38.0 Å². The number of nitro groups is 1. The molecule has 11 heteroatoms. The molecular weight excluding hydrogens is 688 g/mol. The Morgan fingerprint density at radius 3 is 2.41 bits per heavy atom. The summed E-state index contributed by atoms with van der Waals surface area (Å²) >= 11 is 3.47. The second-order valence-corrected chi connectivity index (χ2v) is 15.8. The second kappa shape index (κ2) is 13.7. The van der Waals surface area contributed by atoms with Crippen molar-refractivity contribution in [3.05, 3.63) is 98.0 Å². The van der Waals surface area contributed by atoms with E-state index in [1.165, 1.54) is 6.07 Å². The minimum atomic E-state index is -0.527. The first-order valence-corrected chi connectivity index (χ1v) is 18.1. The van der Waals surface area contributed by atoms with E-state index < -0.39 is 4.92 Å². The maximum Gasteiger partial charge on any atom is 0.310 e. The number of rotatable bonds is 11. The molecule has 8 rings (SSSR count). The lowest BCUT2D eigenvalue weighted by Gasteiger charge is -2.62. The van der Waals surface area contributed by atoms with Gasteiger partial charge < -0.3 is 20.1 Å². The first-order chi connectivity index (χ1) is 23.6. The predicted octanol–water partition coefficient (Wildman–Crippen LogP) is 6.33. The summed E-state index contributed by atoms with van der Waals surface area (Å²) in [4.78, 5) is 41.8. The highest BCUT2D eigenvalue weighted by Gasteiger charge is 2.58. The number of phenols is 1. The zero-order chi connectivity index (χ0) is 34.2. The van der Waals surface area contributed by atoms with Crippen molar-refractivity contribution in [1.82, 2.24) is 15.1 Å². The number of nitrogens with zero attached hydrogens (tertiary/aromatic N) is 3. The molecule has 1 heterocycles. The van der Waals surface area contributed by atoms with E-state index in [1.54, 1.807) is 6.07 Å². The maximum atomic E-state index is 13.4. The lowest BCUT2D eigenvalue weighted by Crippen LogP contribution is -2.55. The molecule has 2 amide bonds. The minimum Gasteiger partial charge on any atom is -0.502 e. The zero-order valence-corrected chi connectivity index (χ0v) is 29.2. The highest BCUT2D eigenvalue weighted by atomic mass is 79.9. The number of benzene rings is 3. The Hall–Kier alpha value is -3.96. The third-order valence-corrected chi connectivity index (χ3v) is 11.9. The third-order valence-electron chi connectivity index (χ3n) is 11.3. The Morgan fingerprint density at radius 2 is 1.69 bits per heavy atom. The number of halogens is 1. The van der Waals surface area contributed by atoms with Crippen LogP contribution in [0.3, 0.4) is 0 Å². The average Bonchev–Trinajstić information content (AvgIpc) is 3.07. The highest BCUT2D eigenvalue weighted by molar-refractivity contribution is 9.10. The van der Waals surface area contributed by atoms with Crippen LogP contribution in [0.25, 0.3) is 0 Å². The van der Waals surface area contributed by atoms with Gasteiger partial charge in [-0.15, -0.1) is 0 Å². The maximum absolute atomic E-state index is 13.4. The quantitative estimate of drug-likeness (QED) is 0.175. The van der Waals surface area contributed by atoms with Crippen LogP contribution in [0.4, 0.5) is 5.69 Å². The minimum absolute atomic E-state index is 0.0101. The Morgan fingerprint density at radius 1 is 0.980 bits per heavy atom. The molecule has 1 aliphatic heterocycles. The van der Waals surface area contributed by atoms with Gasteiger partial charge in [0.05, 0.1) is 11.5 Å². The van der Waals surface area contributed by atoms with Crippen molar-refractivity contribution < 1.29 is 24.4 Å². The summed E-state index contributed by atoms with van der Waals surface area (Å²) in [6.07, 6.45) is 6.19. The van der Waals surface area contributed by atoms with Gasteiger partial charge in [0.15, 0.2) is 5.75 Å². The number of piperazine rings is 1. The van der Waals surface area contributed by atoms with Crippen LogP contribution in [0, 0.1) is 27.4 Å². The van der Waals surface area contributed by atoms with E-state index in [-0.39, 0.29) is 40.6 Å². The molecular formula is C38H43BrN4O6. The van der Waals surface area contributed by atoms with Crippen LogP contribution in [0.5, 0.6) is 11.5 Å². The van der Waals surface area contributed by atoms with Crippen molar-refractivity contribution in [2.24, 2.45) is 17.3 Å². The second-order valence-electron chi connectivity index (χ2n) is 14.8. The van der Waals surface area contributed by atoms with Crippen molar-refractivity contribution in [2.75, 3.05) is 32.7 Å². The molecule has 258 valence electrons. The average molecular weight is 732 g/mol. The van der Waals surface area contributed by atoms with E-state index in [4.69, 9.17) is 4.74 Å². The molecule has 0 spiro atoms. The monoisotopic (exact) mass is 730 g/mol. The molecule has 2 unspecified atom stereocenters. The smallest absolute Gasteiger partial charge is 0.310 e. The van der Waals surface area contributed by atoms with Crippen LogP contribution >= 0.6 is 15.9 Å². The Labute approximate surface area is 295 Å². The standard InChI is InChI=1S/C38H43BrN4O6/c39-31-8-5-26(6-9-31)24-49-34-4-2-1-3-29(34)23-41-11-13-42(14-12-41)36(46)22-40-35(45)21-37-17-27-15-28(18-37)20-38(19-27,25-37)30-7-10-33(44)32(16-30)43(47)48/h1-10,16,27-28,44H,11-15,17-25H2,(H,40,45). The molecule has 49 heavy (non-hydrogen) atoms. The van der Waals surface area contributed by atoms with Gasteiger partial charge in [0, 0.05) is 55.2 Å². The van der Waals surface area contributed by atoms with Crippen LogP contribution in [-0.4, -0.2) is 64.4 Å². The number of carbonyl (C=O) groups excluding carboxylic acids is 2. The fourth-order valence-electron chi connectivity index (χ4n) is 9.60. The van der Waals surface area contributed by atoms with Gasteiger partial charge in [-0.05, 0) is 96.6 Å². The molecule has 4 bridgehead atoms. The molecule has 0 aromatic heterocycles. The van der Waals surface area contributed by atoms with Gasteiger partial charge in [-0.3, -0.25) is 24.6 Å². The Bertz CT molecular complexity index is 1710. The van der Waals surface area contributed by atoms with Gasteiger partial charge in [0.2, 0.25) is 11.8 Å². The first kappa shape index (κ1) is 33.5. The van der Waals surface area contributed by atoms with E-state index in [0.717, 1.165) is 85.1 Å². The van der Waals surface area contributed by atoms with Crippen molar-refractivity contribution >= 4 is 33.4 Å². The first-order valence-electron chi connectivity index (χ1n) is 17.3. The third kappa shape index (κ3) is 7.33. The number of ether oxygens (including phenoxy) is 1. The van der Waals surface area contributed by atoms with Gasteiger partial charge in [-0.2, -0.15) is 0 Å². The number of hydrogen-bond donors (Lipinski definition) is 2. The molecule has 5 fully saturated rings. The van der Waals surface area contributed by atoms with Crippen molar-refractivity contribution in [2.45, 2.75) is 63.5 Å². The molecule has 2 atom stereocenters. The summed E-state index contributed by atoms with van der Waals surface area (Å²) in [5.41, 5.74) is 2.47. The molecule has 2 N–H and O–H groups in total. The number of nitrogens with one attached hydrogen (secondary N) is 1. The van der Waals surface area contributed by atoms with Gasteiger partial charge in [-0.25, -0.2) is 0 Å². The fraction of sp³-hybridized carbons (Fsp3) is 0.474. The van der Waals surface area contributed by atoms with Gasteiger partial charge in [0.1, 0.15) is 12.4 Å². The predicted molar refractivity (Wildman–Crippen MR) is 188 cm³/mol. The largest absolute Gasteiger partial charge is 0.502 e. The highest BCUT2D eigenvalue weighted by Crippen LogP contribution is 2.67. The summed E-state index contributed by atoms with van der Waals surface area (Å²) in [5.74, 6) is 1.34. The molecule has 5 aliphatic rings. The van der Waals surface area contributed by atoms with Crippen molar-refractivity contribution in [3.8, 4) is 11.5 Å². The number of phenolic OH excluding ortho intramolecular Hbond substituents is 1. The van der Waals surface area contributed by atoms with Crippen molar-refractivity contribution in [1.29, 1.82) is 0 Å². The molecule has 10 nitrogen and oxygen atoms in total. The number of aromatic hydroxyl groups is 1. The van der Waals surface area contributed by atoms with Gasteiger partial charge in [-0.1, -0.05) is 52.3 Å². The molecule has 0 radical (unpaired) electrons. The lowest BCUT2D eigenvalue weighted by atomic mass is 9.42. The fourth-order valence-corrected chi connectivity index (χ4v) is 9.86. The molecule has 4 aliphatic carbocycles. The topological polar surface area (TPSA) is 125 Å². The van der Waals surface area contributed by atoms with E-state index in [2.05, 4.69) is 32.2 Å². The number of hydrogen-bond acceptors (Lipinski definition) is 7.